The fourth-order valence-electron chi connectivity index (χ4n) is 2.33. The number of morpholine rings is 1. The smallest absolute Gasteiger partial charge is 0.321 e. The number of nitrogens with one attached hydrogen (secondary N) is 2. The first-order chi connectivity index (χ1) is 11.3. The summed E-state index contributed by atoms with van der Waals surface area (Å²) < 4.78 is 5.35. The van der Waals surface area contributed by atoms with E-state index >= 15 is 0 Å². The molecule has 1 aromatic carbocycles. The molecule has 1 aliphatic rings. The van der Waals surface area contributed by atoms with E-state index in [1.807, 2.05) is 12.1 Å². The maximum Gasteiger partial charge on any atom is 0.321 e. The van der Waals surface area contributed by atoms with Crippen molar-refractivity contribution in [3.05, 3.63) is 40.9 Å². The summed E-state index contributed by atoms with van der Waals surface area (Å²) in [5.74, 6) is 0. The van der Waals surface area contributed by atoms with Gasteiger partial charge < -0.3 is 10.1 Å². The van der Waals surface area contributed by atoms with Gasteiger partial charge in [-0.15, -0.1) is 10.2 Å². The number of amides is 2. The summed E-state index contributed by atoms with van der Waals surface area (Å²) in [6.07, 6.45) is 0. The number of benzene rings is 1. The Morgan fingerprint density at radius 2 is 1.96 bits per heavy atom. The van der Waals surface area contributed by atoms with Gasteiger partial charge in [0.15, 0.2) is 0 Å². The first kappa shape index (κ1) is 15.9. The molecule has 2 N–H and O–H groups in total. The van der Waals surface area contributed by atoms with Crippen LogP contribution in [0.2, 0.25) is 0 Å². The van der Waals surface area contributed by atoms with Gasteiger partial charge in [-0.3, -0.25) is 10.2 Å². The lowest BCUT2D eigenvalue weighted by Gasteiger charge is -2.26. The number of carbonyl (C=O) groups is 1. The van der Waals surface area contributed by atoms with Gasteiger partial charge in [0.25, 0.3) is 0 Å². The van der Waals surface area contributed by atoms with Crippen LogP contribution in [0.1, 0.15) is 11.1 Å². The maximum absolute atomic E-state index is 11.7. The Labute approximate surface area is 138 Å². The summed E-state index contributed by atoms with van der Waals surface area (Å²) in [7, 11) is 0. The highest BCUT2D eigenvalue weighted by molar-refractivity contribution is 7.13. The molecule has 3 rings (SSSR count). The summed E-state index contributed by atoms with van der Waals surface area (Å²) in [6, 6.07) is 8.02. The van der Waals surface area contributed by atoms with E-state index < -0.39 is 0 Å². The molecule has 122 valence electrons. The van der Waals surface area contributed by atoms with E-state index in [0.29, 0.717) is 11.7 Å². The minimum Gasteiger partial charge on any atom is -0.379 e. The molecule has 0 atom stereocenters. The van der Waals surface area contributed by atoms with Crippen LogP contribution in [0.4, 0.5) is 9.93 Å². The molecule has 0 bridgehead atoms. The van der Waals surface area contributed by atoms with Crippen LogP contribution in [0.15, 0.2) is 29.8 Å². The fraction of sp³-hybridized carbons (Fsp3) is 0.400. The molecular formula is C15H19N5O2S. The molecule has 2 heterocycles. The number of anilines is 1. The lowest BCUT2D eigenvalue weighted by molar-refractivity contribution is 0.0342. The Morgan fingerprint density at radius 3 is 2.65 bits per heavy atom. The van der Waals surface area contributed by atoms with Crippen LogP contribution in [0.5, 0.6) is 0 Å². The zero-order valence-corrected chi connectivity index (χ0v) is 13.5. The van der Waals surface area contributed by atoms with E-state index in [0.717, 1.165) is 38.4 Å². The molecule has 0 saturated carbocycles. The Kier molecular flexibility index (Phi) is 5.51. The zero-order chi connectivity index (χ0) is 15.9. The Morgan fingerprint density at radius 1 is 1.22 bits per heavy atom. The van der Waals surface area contributed by atoms with E-state index in [4.69, 9.17) is 4.74 Å². The van der Waals surface area contributed by atoms with Crippen LogP contribution in [-0.4, -0.2) is 47.4 Å². The van der Waals surface area contributed by atoms with Crippen molar-refractivity contribution in [2.45, 2.75) is 13.1 Å². The Bertz CT molecular complexity index is 611. The lowest BCUT2D eigenvalue weighted by atomic mass is 10.1. The molecule has 0 aliphatic carbocycles. The third kappa shape index (κ3) is 4.98. The predicted molar refractivity (Wildman–Crippen MR) is 88.3 cm³/mol. The summed E-state index contributed by atoms with van der Waals surface area (Å²) in [5, 5.41) is 13.3. The number of hydrogen-bond acceptors (Lipinski definition) is 6. The van der Waals surface area contributed by atoms with Crippen LogP contribution < -0.4 is 10.6 Å². The molecule has 1 fully saturated rings. The van der Waals surface area contributed by atoms with Crippen molar-refractivity contribution in [2.24, 2.45) is 0 Å². The standard InChI is InChI=1S/C15H19N5O2S/c21-14(18-15-19-17-11-23-15)16-9-12-1-3-13(4-2-12)10-20-5-7-22-8-6-20/h1-4,11H,5-10H2,(H2,16,18,19,21). The topological polar surface area (TPSA) is 79.4 Å². The second-order valence-electron chi connectivity index (χ2n) is 5.26. The average molecular weight is 333 g/mol. The number of urea groups is 1. The normalized spacial score (nSPS) is 15.3. The second-order valence-corrected chi connectivity index (χ2v) is 6.09. The van der Waals surface area contributed by atoms with Crippen molar-refractivity contribution in [3.63, 3.8) is 0 Å². The first-order valence-electron chi connectivity index (χ1n) is 7.48. The third-order valence-corrected chi connectivity index (χ3v) is 4.17. The highest BCUT2D eigenvalue weighted by Gasteiger charge is 2.10. The van der Waals surface area contributed by atoms with Crippen molar-refractivity contribution in [3.8, 4) is 0 Å². The van der Waals surface area contributed by atoms with E-state index in [2.05, 4.69) is 37.9 Å². The number of carbonyl (C=O) groups excluding carboxylic acids is 1. The average Bonchev–Trinajstić information content (AvgIpc) is 3.08. The molecule has 1 saturated heterocycles. The van der Waals surface area contributed by atoms with E-state index in [1.54, 1.807) is 5.51 Å². The highest BCUT2D eigenvalue weighted by Crippen LogP contribution is 2.10. The second kappa shape index (κ2) is 8.00. The van der Waals surface area contributed by atoms with E-state index in [9.17, 15) is 4.79 Å². The van der Waals surface area contributed by atoms with Gasteiger partial charge >= 0.3 is 6.03 Å². The fourth-order valence-corrected chi connectivity index (χ4v) is 2.77. The van der Waals surface area contributed by atoms with E-state index in [-0.39, 0.29) is 6.03 Å². The van der Waals surface area contributed by atoms with Crippen molar-refractivity contribution in [1.82, 2.24) is 20.4 Å². The van der Waals surface area contributed by atoms with Gasteiger partial charge in [0.2, 0.25) is 5.13 Å². The third-order valence-electron chi connectivity index (χ3n) is 3.57. The van der Waals surface area contributed by atoms with Crippen molar-refractivity contribution in [2.75, 3.05) is 31.6 Å². The molecule has 23 heavy (non-hydrogen) atoms. The molecule has 8 heteroatoms. The first-order valence-corrected chi connectivity index (χ1v) is 8.36. The largest absolute Gasteiger partial charge is 0.379 e. The van der Waals surface area contributed by atoms with Crippen molar-refractivity contribution >= 4 is 22.5 Å². The highest BCUT2D eigenvalue weighted by atomic mass is 32.1. The maximum atomic E-state index is 11.7. The van der Waals surface area contributed by atoms with Gasteiger partial charge in [0.05, 0.1) is 13.2 Å². The van der Waals surface area contributed by atoms with Crippen LogP contribution >= 0.6 is 11.3 Å². The number of rotatable bonds is 5. The molecule has 0 unspecified atom stereocenters. The molecule has 2 aromatic rings. The van der Waals surface area contributed by atoms with Crippen molar-refractivity contribution in [1.29, 1.82) is 0 Å². The SMILES string of the molecule is O=C(NCc1ccc(CN2CCOCC2)cc1)Nc1nncs1. The van der Waals surface area contributed by atoms with Gasteiger partial charge in [-0.25, -0.2) is 4.79 Å². The predicted octanol–water partition coefficient (Wildman–Crippen LogP) is 1.69. The molecular weight excluding hydrogens is 314 g/mol. The van der Waals surface area contributed by atoms with Gasteiger partial charge in [-0.1, -0.05) is 35.6 Å². The summed E-state index contributed by atoms with van der Waals surface area (Å²) in [5.41, 5.74) is 3.90. The summed E-state index contributed by atoms with van der Waals surface area (Å²) in [4.78, 5) is 14.1. The molecule has 1 aliphatic heterocycles. The van der Waals surface area contributed by atoms with Crippen LogP contribution in [0, 0.1) is 0 Å². The van der Waals surface area contributed by atoms with Gasteiger partial charge in [-0.2, -0.15) is 0 Å². The van der Waals surface area contributed by atoms with Gasteiger partial charge in [0, 0.05) is 26.2 Å². The number of aromatic nitrogens is 2. The van der Waals surface area contributed by atoms with Crippen LogP contribution in [0.3, 0.4) is 0 Å². The minimum absolute atomic E-state index is 0.279. The summed E-state index contributed by atoms with van der Waals surface area (Å²) in [6.45, 7) is 5.00. The number of nitrogens with zero attached hydrogens (tertiary/aromatic N) is 3. The van der Waals surface area contributed by atoms with Gasteiger partial charge in [-0.05, 0) is 11.1 Å². The van der Waals surface area contributed by atoms with Crippen LogP contribution in [0.25, 0.3) is 0 Å². The van der Waals surface area contributed by atoms with E-state index in [1.165, 1.54) is 16.9 Å². The molecule has 1 aromatic heterocycles. The molecule has 0 spiro atoms. The summed E-state index contributed by atoms with van der Waals surface area (Å²) >= 11 is 1.28. The van der Waals surface area contributed by atoms with Gasteiger partial charge in [0.1, 0.15) is 5.51 Å². The lowest BCUT2D eigenvalue weighted by Crippen LogP contribution is -2.35. The quantitative estimate of drug-likeness (QED) is 0.870. The minimum atomic E-state index is -0.279. The Hall–Kier alpha value is -2.03. The Balaban J connectivity index is 1.44. The molecule has 2 amide bonds. The monoisotopic (exact) mass is 333 g/mol. The van der Waals surface area contributed by atoms with Crippen LogP contribution in [-0.2, 0) is 17.8 Å². The number of hydrogen-bond donors (Lipinski definition) is 2. The van der Waals surface area contributed by atoms with Crippen molar-refractivity contribution < 1.29 is 9.53 Å². The number of ether oxygens (including phenoxy) is 1. The zero-order valence-electron chi connectivity index (χ0n) is 12.7. The molecule has 0 radical (unpaired) electrons. The molecule has 7 nitrogen and oxygen atoms in total.